The van der Waals surface area contributed by atoms with E-state index in [1.807, 2.05) is 30.3 Å². The largest absolute Gasteiger partial charge is 0.405 e. The molecule has 0 saturated heterocycles. The molecule has 0 aliphatic rings. The maximum atomic E-state index is 13.7. The fraction of sp³-hybridized carbons (Fsp3) is 0.536. The van der Waals surface area contributed by atoms with Gasteiger partial charge in [-0.1, -0.05) is 49.0 Å². The van der Waals surface area contributed by atoms with Crippen LogP contribution in [-0.4, -0.2) is 79.5 Å². The number of hydrogen-bond acceptors (Lipinski definition) is 12. The third-order valence-corrected chi connectivity index (χ3v) is 9.94. The molecule has 0 amide bonds. The fourth-order valence-corrected chi connectivity index (χ4v) is 6.55. The number of hydrogen-bond donors (Lipinski definition) is 5. The predicted molar refractivity (Wildman–Crippen MR) is 165 cm³/mol. The number of aromatic nitrogens is 3. The van der Waals surface area contributed by atoms with Crippen LogP contribution in [0.25, 0.3) is 11.0 Å². The van der Waals surface area contributed by atoms with Crippen molar-refractivity contribution in [1.29, 1.82) is 0 Å². The van der Waals surface area contributed by atoms with E-state index in [1.54, 1.807) is 44.5 Å². The summed E-state index contributed by atoms with van der Waals surface area (Å²) in [5.74, 6) is -2.43. The third-order valence-electron chi connectivity index (χ3n) is 7.20. The van der Waals surface area contributed by atoms with Crippen molar-refractivity contribution in [3.8, 4) is 0 Å². The zero-order valence-electron chi connectivity index (χ0n) is 25.0. The van der Waals surface area contributed by atoms with Crippen LogP contribution < -0.4 is 10.8 Å². The minimum absolute atomic E-state index is 0.0847. The molecule has 2 aromatic heterocycles. The van der Waals surface area contributed by atoms with Crippen molar-refractivity contribution in [3.05, 3.63) is 54.5 Å². The molecule has 0 fully saturated rings. The Morgan fingerprint density at radius 3 is 2.53 bits per heavy atom. The normalized spacial score (nSPS) is 17.2. The van der Waals surface area contributed by atoms with Gasteiger partial charge in [0.05, 0.1) is 36.7 Å². The molecule has 3 aromatic rings. The van der Waals surface area contributed by atoms with Gasteiger partial charge in [-0.15, -0.1) is 0 Å². The standard InChI is InChI=1S/C28H42N5O8PS/c1-19(23(35)28(37,39-5)20(2)33-12-11-22-24(29)30-18-31-25(22)33)16-41-42(38,32-15-21-9-7-6-8-10-21)40-13-14-43-26(36)27(3,4)17-34/h6-12,18-20,23,34-35,37H,13-17H2,1-5H3,(H,32,38)(H2,29,30,31)/t19-,20-,23?,28+,42?/m1/s1. The molecule has 2 heterocycles. The molecule has 0 aliphatic heterocycles. The number of carbonyl (C=O) groups excluding carboxylic acids is 1. The average Bonchev–Trinajstić information content (AvgIpc) is 3.45. The summed E-state index contributed by atoms with van der Waals surface area (Å²) < 4.78 is 32.2. The number of benzene rings is 1. The summed E-state index contributed by atoms with van der Waals surface area (Å²) in [7, 11) is -2.68. The number of thioether (sulfide) groups is 1. The van der Waals surface area contributed by atoms with Crippen LogP contribution in [0.2, 0.25) is 0 Å². The number of ether oxygens (including phenoxy) is 1. The second-order valence-electron chi connectivity index (χ2n) is 10.9. The number of nitrogen functional groups attached to an aromatic ring is 1. The first-order valence-corrected chi connectivity index (χ1v) is 16.3. The highest BCUT2D eigenvalue weighted by Gasteiger charge is 2.46. The summed E-state index contributed by atoms with van der Waals surface area (Å²) in [6, 6.07) is 10.1. The van der Waals surface area contributed by atoms with Crippen molar-refractivity contribution in [2.75, 3.05) is 38.4 Å². The minimum atomic E-state index is -3.95. The van der Waals surface area contributed by atoms with Crippen LogP contribution in [0.4, 0.5) is 5.82 Å². The SMILES string of the molecule is CO[C@](O)(C(O)[C@H](C)COP(=O)(NCc1ccccc1)OCCSC(=O)C(C)(C)CO)[C@@H](C)n1ccc2c(N)ncnc21. The number of methoxy groups -OCH3 is 1. The van der Waals surface area contributed by atoms with Crippen LogP contribution in [0.5, 0.6) is 0 Å². The molecule has 0 bridgehead atoms. The van der Waals surface area contributed by atoms with E-state index >= 15 is 0 Å². The molecule has 13 nitrogen and oxygen atoms in total. The third kappa shape index (κ3) is 8.62. The van der Waals surface area contributed by atoms with Crippen molar-refractivity contribution < 1.29 is 38.5 Å². The van der Waals surface area contributed by atoms with Gasteiger partial charge in [-0.05, 0) is 32.4 Å². The van der Waals surface area contributed by atoms with E-state index in [0.717, 1.165) is 17.3 Å². The summed E-state index contributed by atoms with van der Waals surface area (Å²) in [5, 5.41) is 35.4. The van der Waals surface area contributed by atoms with E-state index < -0.39 is 37.0 Å². The lowest BCUT2D eigenvalue weighted by atomic mass is 9.92. The Kier molecular flexibility index (Phi) is 12.3. The fourth-order valence-electron chi connectivity index (χ4n) is 4.22. The van der Waals surface area contributed by atoms with Crippen LogP contribution in [0, 0.1) is 11.3 Å². The number of nitrogens with one attached hydrogen (secondary N) is 1. The van der Waals surface area contributed by atoms with E-state index in [2.05, 4.69) is 15.1 Å². The number of aliphatic hydroxyl groups is 3. The van der Waals surface area contributed by atoms with Gasteiger partial charge in [-0.3, -0.25) is 13.8 Å². The van der Waals surface area contributed by atoms with Crippen LogP contribution in [0.3, 0.4) is 0 Å². The lowest BCUT2D eigenvalue weighted by molar-refractivity contribution is -0.276. The predicted octanol–water partition coefficient (Wildman–Crippen LogP) is 3.12. The highest BCUT2D eigenvalue weighted by molar-refractivity contribution is 8.13. The summed E-state index contributed by atoms with van der Waals surface area (Å²) in [6.45, 7) is 6.05. The first-order chi connectivity index (χ1) is 20.3. The first kappa shape index (κ1) is 35.1. The van der Waals surface area contributed by atoms with E-state index in [0.29, 0.717) is 11.0 Å². The molecule has 2 unspecified atom stereocenters. The van der Waals surface area contributed by atoms with Gasteiger partial charge in [-0.2, -0.15) is 0 Å². The molecule has 1 aromatic carbocycles. The van der Waals surface area contributed by atoms with E-state index in [1.165, 1.54) is 13.4 Å². The van der Waals surface area contributed by atoms with E-state index in [-0.39, 0.29) is 43.1 Å². The molecule has 15 heteroatoms. The Bertz CT molecular complexity index is 1390. The minimum Gasteiger partial charge on any atom is -0.395 e. The van der Waals surface area contributed by atoms with Crippen molar-refractivity contribution in [3.63, 3.8) is 0 Å². The smallest absolute Gasteiger partial charge is 0.395 e. The highest BCUT2D eigenvalue weighted by Crippen LogP contribution is 2.45. The zero-order chi connectivity index (χ0) is 31.8. The van der Waals surface area contributed by atoms with Gasteiger partial charge in [0.15, 0.2) is 5.12 Å². The zero-order valence-corrected chi connectivity index (χ0v) is 26.8. The molecule has 0 radical (unpaired) electrons. The number of nitrogens with two attached hydrogens (primary N) is 1. The van der Waals surface area contributed by atoms with Gasteiger partial charge in [0, 0.05) is 31.5 Å². The highest BCUT2D eigenvalue weighted by atomic mass is 32.2. The quantitative estimate of drug-likeness (QED) is 0.0823. The maximum Gasteiger partial charge on any atom is 0.405 e. The number of anilines is 1. The monoisotopic (exact) mass is 639 g/mol. The second kappa shape index (κ2) is 15.1. The van der Waals surface area contributed by atoms with E-state index in [4.69, 9.17) is 19.5 Å². The number of rotatable bonds is 17. The van der Waals surface area contributed by atoms with Gasteiger partial charge in [-0.25, -0.2) is 19.6 Å². The molecule has 0 spiro atoms. The van der Waals surface area contributed by atoms with Gasteiger partial charge >= 0.3 is 7.75 Å². The van der Waals surface area contributed by atoms with Crippen LogP contribution in [0.1, 0.15) is 39.3 Å². The van der Waals surface area contributed by atoms with Crippen molar-refractivity contribution >= 4 is 41.5 Å². The first-order valence-electron chi connectivity index (χ1n) is 13.8. The Morgan fingerprint density at radius 2 is 1.88 bits per heavy atom. The molecule has 43 heavy (non-hydrogen) atoms. The van der Waals surface area contributed by atoms with E-state index in [9.17, 15) is 24.7 Å². The summed E-state index contributed by atoms with van der Waals surface area (Å²) in [5.41, 5.74) is 6.32. The van der Waals surface area contributed by atoms with Crippen molar-refractivity contribution in [2.24, 2.45) is 11.3 Å². The van der Waals surface area contributed by atoms with Gasteiger partial charge in [0.1, 0.15) is 23.9 Å². The molecule has 0 saturated carbocycles. The molecule has 238 valence electrons. The number of aliphatic hydroxyl groups excluding tert-OH is 2. The molecule has 0 aliphatic carbocycles. The average molecular weight is 640 g/mol. The maximum absolute atomic E-state index is 13.7. The topological polar surface area (TPSA) is 191 Å². The number of carbonyl (C=O) groups is 1. The van der Waals surface area contributed by atoms with Crippen LogP contribution >= 0.6 is 19.5 Å². The summed E-state index contributed by atoms with van der Waals surface area (Å²) in [6.07, 6.45) is 1.47. The molecular weight excluding hydrogens is 597 g/mol. The number of fused-ring (bicyclic) bond motifs is 1. The molecule has 6 N–H and O–H groups in total. The lowest BCUT2D eigenvalue weighted by Crippen LogP contribution is -2.53. The Balaban J connectivity index is 1.70. The van der Waals surface area contributed by atoms with Gasteiger partial charge in [0.2, 0.25) is 5.79 Å². The lowest BCUT2D eigenvalue weighted by Gasteiger charge is -2.40. The summed E-state index contributed by atoms with van der Waals surface area (Å²) >= 11 is 0.965. The van der Waals surface area contributed by atoms with Crippen molar-refractivity contribution in [1.82, 2.24) is 19.6 Å². The summed E-state index contributed by atoms with van der Waals surface area (Å²) in [4.78, 5) is 20.6. The molecule has 5 atom stereocenters. The van der Waals surface area contributed by atoms with Crippen LogP contribution in [0.15, 0.2) is 48.9 Å². The Morgan fingerprint density at radius 1 is 1.19 bits per heavy atom. The van der Waals surface area contributed by atoms with Gasteiger partial charge in [0.25, 0.3) is 0 Å². The van der Waals surface area contributed by atoms with Gasteiger partial charge < -0.3 is 30.4 Å². The van der Waals surface area contributed by atoms with Crippen molar-refractivity contribution in [2.45, 2.75) is 52.2 Å². The van der Waals surface area contributed by atoms with Crippen LogP contribution in [-0.2, 0) is 29.7 Å². The second-order valence-corrected chi connectivity index (χ2v) is 13.8. The Hall–Kier alpha value is -2.39. The molecular formula is C28H42N5O8PS. The Labute approximate surface area is 255 Å². The molecule has 3 rings (SSSR count). The number of nitrogens with zero attached hydrogens (tertiary/aromatic N) is 3.